The fourth-order valence-electron chi connectivity index (χ4n) is 3.80. The number of amides is 2. The number of hydrogen-bond donors (Lipinski definition) is 0. The van der Waals surface area contributed by atoms with E-state index in [0.29, 0.717) is 30.8 Å². The van der Waals surface area contributed by atoms with Crippen molar-refractivity contribution in [2.24, 2.45) is 0 Å². The summed E-state index contributed by atoms with van der Waals surface area (Å²) in [6.45, 7) is 0.976. The van der Waals surface area contributed by atoms with Gasteiger partial charge in [0.1, 0.15) is 0 Å². The number of fused-ring (bicyclic) bond motifs is 1. The molecule has 1 saturated heterocycles. The van der Waals surface area contributed by atoms with Gasteiger partial charge in [-0.1, -0.05) is 24.3 Å². The van der Waals surface area contributed by atoms with Gasteiger partial charge >= 0.3 is 5.97 Å². The van der Waals surface area contributed by atoms with Gasteiger partial charge in [0.05, 0.1) is 5.56 Å². The van der Waals surface area contributed by atoms with Crippen molar-refractivity contribution in [3.05, 3.63) is 59.7 Å². The SMILES string of the molecule is O=C(OCC(=O)N1CCCc2ccccc21)c1cccc(N2CCCC2=O)c1. The third kappa shape index (κ3) is 3.63. The molecule has 0 aliphatic carbocycles. The molecule has 2 aliphatic rings. The first-order valence-corrected chi connectivity index (χ1v) is 9.59. The lowest BCUT2D eigenvalue weighted by molar-refractivity contribution is -0.121. The summed E-state index contributed by atoms with van der Waals surface area (Å²) in [7, 11) is 0. The van der Waals surface area contributed by atoms with Crippen molar-refractivity contribution >= 4 is 29.2 Å². The van der Waals surface area contributed by atoms with Crippen LogP contribution in [-0.2, 0) is 20.7 Å². The molecule has 2 heterocycles. The highest BCUT2D eigenvalue weighted by Crippen LogP contribution is 2.27. The maximum absolute atomic E-state index is 12.6. The first-order chi connectivity index (χ1) is 13.6. The monoisotopic (exact) mass is 378 g/mol. The van der Waals surface area contributed by atoms with Gasteiger partial charge in [-0.25, -0.2) is 4.79 Å². The number of ether oxygens (including phenoxy) is 1. The van der Waals surface area contributed by atoms with Crippen LogP contribution in [0.5, 0.6) is 0 Å². The van der Waals surface area contributed by atoms with Crippen molar-refractivity contribution in [2.45, 2.75) is 25.7 Å². The molecule has 6 heteroatoms. The number of rotatable bonds is 4. The number of hydrogen-bond acceptors (Lipinski definition) is 4. The number of aryl methyl sites for hydroxylation is 1. The Bertz CT molecular complexity index is 924. The minimum Gasteiger partial charge on any atom is -0.452 e. The van der Waals surface area contributed by atoms with Crippen LogP contribution >= 0.6 is 0 Å². The van der Waals surface area contributed by atoms with E-state index in [0.717, 1.165) is 30.5 Å². The normalized spacial score (nSPS) is 16.1. The van der Waals surface area contributed by atoms with Crippen LogP contribution < -0.4 is 9.80 Å². The summed E-state index contributed by atoms with van der Waals surface area (Å²) in [5.74, 6) is -0.733. The third-order valence-electron chi connectivity index (χ3n) is 5.20. The van der Waals surface area contributed by atoms with Gasteiger partial charge in [0, 0.05) is 30.9 Å². The summed E-state index contributed by atoms with van der Waals surface area (Å²) in [6, 6.07) is 14.6. The van der Waals surface area contributed by atoms with E-state index < -0.39 is 5.97 Å². The van der Waals surface area contributed by atoms with Crippen LogP contribution in [0.2, 0.25) is 0 Å². The Morgan fingerprint density at radius 1 is 0.964 bits per heavy atom. The van der Waals surface area contributed by atoms with Crippen LogP contribution in [0.3, 0.4) is 0 Å². The van der Waals surface area contributed by atoms with Crippen LogP contribution in [0.15, 0.2) is 48.5 Å². The molecule has 6 nitrogen and oxygen atoms in total. The number of esters is 1. The first kappa shape index (κ1) is 18.2. The van der Waals surface area contributed by atoms with Crippen LogP contribution in [-0.4, -0.2) is 37.5 Å². The molecular formula is C22H22N2O4. The minimum atomic E-state index is -0.563. The van der Waals surface area contributed by atoms with Crippen molar-refractivity contribution in [3.63, 3.8) is 0 Å². The predicted molar refractivity (Wildman–Crippen MR) is 105 cm³/mol. The Morgan fingerprint density at radius 2 is 1.79 bits per heavy atom. The summed E-state index contributed by atoms with van der Waals surface area (Å²) in [4.78, 5) is 40.3. The molecule has 28 heavy (non-hydrogen) atoms. The molecule has 0 atom stereocenters. The molecule has 0 radical (unpaired) electrons. The number of benzene rings is 2. The standard InChI is InChI=1S/C22H22N2O4/c25-20-11-5-12-23(20)18-9-3-7-17(14-18)22(27)28-15-21(26)24-13-4-8-16-6-1-2-10-19(16)24/h1-3,6-7,9-10,14H,4-5,8,11-13,15H2. The van der Waals surface area contributed by atoms with E-state index in [-0.39, 0.29) is 18.4 Å². The number of nitrogens with zero attached hydrogens (tertiary/aromatic N) is 2. The maximum atomic E-state index is 12.6. The summed E-state index contributed by atoms with van der Waals surface area (Å²) in [5, 5.41) is 0. The predicted octanol–water partition coefficient (Wildman–Crippen LogP) is 2.95. The van der Waals surface area contributed by atoms with Crippen LogP contribution in [0, 0.1) is 0 Å². The zero-order chi connectivity index (χ0) is 19.5. The fourth-order valence-corrected chi connectivity index (χ4v) is 3.80. The summed E-state index contributed by atoms with van der Waals surface area (Å²) < 4.78 is 5.27. The van der Waals surface area contributed by atoms with Gasteiger partial charge in [0.2, 0.25) is 5.91 Å². The smallest absolute Gasteiger partial charge is 0.338 e. The molecular weight excluding hydrogens is 356 g/mol. The molecule has 2 aromatic carbocycles. The van der Waals surface area contributed by atoms with E-state index in [2.05, 4.69) is 0 Å². The first-order valence-electron chi connectivity index (χ1n) is 9.59. The van der Waals surface area contributed by atoms with Gasteiger partial charge in [-0.15, -0.1) is 0 Å². The van der Waals surface area contributed by atoms with Gasteiger partial charge in [-0.2, -0.15) is 0 Å². The molecule has 2 amide bonds. The minimum absolute atomic E-state index is 0.0597. The number of carbonyl (C=O) groups is 3. The zero-order valence-electron chi connectivity index (χ0n) is 15.6. The molecule has 1 fully saturated rings. The number of para-hydroxylation sites is 1. The molecule has 0 saturated carbocycles. The average molecular weight is 378 g/mol. The topological polar surface area (TPSA) is 66.9 Å². The van der Waals surface area contributed by atoms with E-state index in [1.54, 1.807) is 34.1 Å². The molecule has 144 valence electrons. The van der Waals surface area contributed by atoms with E-state index in [4.69, 9.17) is 4.74 Å². The Labute approximate surface area is 163 Å². The van der Waals surface area contributed by atoms with Crippen molar-refractivity contribution in [3.8, 4) is 0 Å². The van der Waals surface area contributed by atoms with E-state index >= 15 is 0 Å². The van der Waals surface area contributed by atoms with Crippen molar-refractivity contribution in [1.29, 1.82) is 0 Å². The largest absolute Gasteiger partial charge is 0.452 e. The average Bonchev–Trinajstić information content (AvgIpc) is 3.17. The summed E-state index contributed by atoms with van der Waals surface area (Å²) >= 11 is 0. The molecule has 2 aromatic rings. The molecule has 0 bridgehead atoms. The van der Waals surface area contributed by atoms with Crippen molar-refractivity contribution in [2.75, 3.05) is 29.5 Å². The molecule has 2 aliphatic heterocycles. The van der Waals surface area contributed by atoms with Crippen molar-refractivity contribution < 1.29 is 19.1 Å². The highest BCUT2D eigenvalue weighted by atomic mass is 16.5. The summed E-state index contributed by atoms with van der Waals surface area (Å²) in [6.07, 6.45) is 3.18. The highest BCUT2D eigenvalue weighted by Gasteiger charge is 2.24. The Kier molecular flexibility index (Phi) is 5.10. The van der Waals surface area contributed by atoms with E-state index in [9.17, 15) is 14.4 Å². The van der Waals surface area contributed by atoms with Gasteiger partial charge in [0.25, 0.3) is 5.91 Å². The van der Waals surface area contributed by atoms with Crippen LogP contribution in [0.1, 0.15) is 35.2 Å². The molecule has 0 aromatic heterocycles. The zero-order valence-corrected chi connectivity index (χ0v) is 15.6. The van der Waals surface area contributed by atoms with E-state index in [1.807, 2.05) is 24.3 Å². The number of carbonyl (C=O) groups excluding carboxylic acids is 3. The third-order valence-corrected chi connectivity index (χ3v) is 5.20. The molecule has 0 N–H and O–H groups in total. The quantitative estimate of drug-likeness (QED) is 0.767. The second kappa shape index (κ2) is 7.84. The van der Waals surface area contributed by atoms with Gasteiger partial charge < -0.3 is 14.5 Å². The lowest BCUT2D eigenvalue weighted by Gasteiger charge is -2.29. The Hall–Kier alpha value is -3.15. The van der Waals surface area contributed by atoms with Gasteiger partial charge in [-0.05, 0) is 49.1 Å². The second-order valence-corrected chi connectivity index (χ2v) is 7.05. The highest BCUT2D eigenvalue weighted by molar-refractivity contribution is 5.99. The van der Waals surface area contributed by atoms with Crippen LogP contribution in [0.4, 0.5) is 11.4 Å². The van der Waals surface area contributed by atoms with Crippen LogP contribution in [0.25, 0.3) is 0 Å². The van der Waals surface area contributed by atoms with Crippen molar-refractivity contribution in [1.82, 2.24) is 0 Å². The second-order valence-electron chi connectivity index (χ2n) is 7.05. The molecule has 0 unspecified atom stereocenters. The lowest BCUT2D eigenvalue weighted by atomic mass is 10.0. The molecule has 0 spiro atoms. The Morgan fingerprint density at radius 3 is 2.61 bits per heavy atom. The lowest BCUT2D eigenvalue weighted by Crippen LogP contribution is -2.38. The Balaban J connectivity index is 1.41. The summed E-state index contributed by atoms with van der Waals surface area (Å²) in [5.41, 5.74) is 3.05. The maximum Gasteiger partial charge on any atom is 0.338 e. The fraction of sp³-hybridized carbons (Fsp3) is 0.318. The molecule has 4 rings (SSSR count). The van der Waals surface area contributed by atoms with Gasteiger partial charge in [0.15, 0.2) is 6.61 Å². The van der Waals surface area contributed by atoms with E-state index in [1.165, 1.54) is 0 Å². The number of anilines is 2. The van der Waals surface area contributed by atoms with Gasteiger partial charge in [-0.3, -0.25) is 9.59 Å².